The summed E-state index contributed by atoms with van der Waals surface area (Å²) in [6, 6.07) is 0.793. The average molecular weight is 280 g/mol. The highest BCUT2D eigenvalue weighted by molar-refractivity contribution is 5.78. The Balaban J connectivity index is 1.37. The molecule has 4 unspecified atom stereocenters. The van der Waals surface area contributed by atoms with Crippen LogP contribution in [0.1, 0.15) is 45.4 Å². The van der Waals surface area contributed by atoms with Gasteiger partial charge in [-0.1, -0.05) is 6.42 Å². The fourth-order valence-electron chi connectivity index (χ4n) is 4.43. The molecule has 1 amide bonds. The largest absolute Gasteiger partial charge is 0.381 e. The Morgan fingerprint density at radius 3 is 2.65 bits per heavy atom. The quantitative estimate of drug-likeness (QED) is 0.806. The van der Waals surface area contributed by atoms with Gasteiger partial charge in [-0.3, -0.25) is 4.79 Å². The Hall–Kier alpha value is -0.610. The van der Waals surface area contributed by atoms with Gasteiger partial charge in [-0.25, -0.2) is 0 Å². The highest BCUT2D eigenvalue weighted by atomic mass is 16.5. The Morgan fingerprint density at radius 2 is 2.00 bits per heavy atom. The van der Waals surface area contributed by atoms with Crippen LogP contribution in [-0.2, 0) is 9.53 Å². The van der Waals surface area contributed by atoms with Crippen molar-refractivity contribution in [3.8, 4) is 0 Å². The smallest absolute Gasteiger partial charge is 0.234 e. The van der Waals surface area contributed by atoms with Crippen molar-refractivity contribution < 1.29 is 9.53 Å². The van der Waals surface area contributed by atoms with Crippen molar-refractivity contribution in [1.82, 2.24) is 10.6 Å². The number of carbonyl (C=O) groups is 1. The molecule has 2 N–H and O–H groups in total. The molecule has 1 heterocycles. The monoisotopic (exact) mass is 280 g/mol. The lowest BCUT2D eigenvalue weighted by molar-refractivity contribution is -0.121. The van der Waals surface area contributed by atoms with Crippen LogP contribution in [0.5, 0.6) is 0 Å². The van der Waals surface area contributed by atoms with Gasteiger partial charge < -0.3 is 15.4 Å². The molecule has 1 saturated heterocycles. The van der Waals surface area contributed by atoms with Gasteiger partial charge in [0.1, 0.15) is 0 Å². The molecule has 4 nitrogen and oxygen atoms in total. The van der Waals surface area contributed by atoms with E-state index in [1.165, 1.54) is 25.7 Å². The summed E-state index contributed by atoms with van der Waals surface area (Å²) in [6.07, 6.45) is 7.57. The lowest BCUT2D eigenvalue weighted by Crippen LogP contribution is -2.46. The molecule has 0 radical (unpaired) electrons. The van der Waals surface area contributed by atoms with Crippen molar-refractivity contribution in [2.45, 2.75) is 57.5 Å². The van der Waals surface area contributed by atoms with E-state index in [4.69, 9.17) is 4.74 Å². The summed E-state index contributed by atoms with van der Waals surface area (Å²) in [7, 11) is 0. The van der Waals surface area contributed by atoms with E-state index in [0.717, 1.165) is 43.8 Å². The number of amides is 1. The van der Waals surface area contributed by atoms with Crippen LogP contribution < -0.4 is 10.6 Å². The standard InChI is InChI=1S/C16H28N2O2/c1-11(15-9-12-2-3-13(15)8-12)17-10-16(19)18-14-4-6-20-7-5-14/h11-15,17H,2-10H2,1H3,(H,18,19). The summed E-state index contributed by atoms with van der Waals surface area (Å²) < 4.78 is 5.31. The summed E-state index contributed by atoms with van der Waals surface area (Å²) in [5.41, 5.74) is 0. The zero-order valence-corrected chi connectivity index (χ0v) is 12.6. The van der Waals surface area contributed by atoms with Gasteiger partial charge in [0.2, 0.25) is 5.91 Å². The van der Waals surface area contributed by atoms with Crippen LogP contribution in [-0.4, -0.2) is 37.7 Å². The Kier molecular flexibility index (Phi) is 4.61. The molecular formula is C16H28N2O2. The predicted molar refractivity (Wildman–Crippen MR) is 78.4 cm³/mol. The molecule has 1 aliphatic heterocycles. The molecule has 4 heteroatoms. The van der Waals surface area contributed by atoms with Crippen molar-refractivity contribution in [2.24, 2.45) is 17.8 Å². The minimum absolute atomic E-state index is 0.145. The number of hydrogen-bond acceptors (Lipinski definition) is 3. The fraction of sp³-hybridized carbons (Fsp3) is 0.938. The van der Waals surface area contributed by atoms with Gasteiger partial charge in [0, 0.05) is 25.3 Å². The first kappa shape index (κ1) is 14.3. The second-order valence-electron chi connectivity index (χ2n) is 6.96. The average Bonchev–Trinajstić information content (AvgIpc) is 3.08. The van der Waals surface area contributed by atoms with Crippen molar-refractivity contribution in [2.75, 3.05) is 19.8 Å². The van der Waals surface area contributed by atoms with Crippen molar-refractivity contribution in [3.63, 3.8) is 0 Å². The second-order valence-corrected chi connectivity index (χ2v) is 6.96. The first-order chi connectivity index (χ1) is 9.72. The third-order valence-corrected chi connectivity index (χ3v) is 5.61. The van der Waals surface area contributed by atoms with Crippen LogP contribution >= 0.6 is 0 Å². The van der Waals surface area contributed by atoms with Gasteiger partial charge in [0.15, 0.2) is 0 Å². The molecule has 0 aromatic heterocycles. The molecule has 20 heavy (non-hydrogen) atoms. The van der Waals surface area contributed by atoms with Crippen LogP contribution in [0.3, 0.4) is 0 Å². The number of rotatable bonds is 5. The van der Waals surface area contributed by atoms with Crippen LogP contribution in [0.4, 0.5) is 0 Å². The molecule has 3 aliphatic rings. The van der Waals surface area contributed by atoms with Gasteiger partial charge in [-0.05, 0) is 56.8 Å². The van der Waals surface area contributed by atoms with Crippen molar-refractivity contribution >= 4 is 5.91 Å². The van der Waals surface area contributed by atoms with E-state index in [-0.39, 0.29) is 5.91 Å². The number of fused-ring (bicyclic) bond motifs is 2. The van der Waals surface area contributed by atoms with E-state index in [1.54, 1.807) is 0 Å². The zero-order chi connectivity index (χ0) is 13.9. The normalized spacial score (nSPS) is 35.1. The van der Waals surface area contributed by atoms with Crippen molar-refractivity contribution in [1.29, 1.82) is 0 Å². The van der Waals surface area contributed by atoms with Crippen LogP contribution in [0.2, 0.25) is 0 Å². The highest BCUT2D eigenvalue weighted by Gasteiger charge is 2.41. The summed E-state index contributed by atoms with van der Waals surface area (Å²) in [5.74, 6) is 2.84. The number of carbonyl (C=O) groups excluding carboxylic acids is 1. The molecule has 0 aromatic rings. The molecule has 4 atom stereocenters. The zero-order valence-electron chi connectivity index (χ0n) is 12.6. The number of nitrogens with one attached hydrogen (secondary N) is 2. The maximum atomic E-state index is 12.0. The lowest BCUT2D eigenvalue weighted by atomic mass is 9.84. The van der Waals surface area contributed by atoms with Crippen LogP contribution in [0.25, 0.3) is 0 Å². The molecule has 2 aliphatic carbocycles. The minimum Gasteiger partial charge on any atom is -0.381 e. The van der Waals surface area contributed by atoms with Crippen molar-refractivity contribution in [3.05, 3.63) is 0 Å². The summed E-state index contributed by atoms with van der Waals surface area (Å²) >= 11 is 0. The van der Waals surface area contributed by atoms with E-state index in [0.29, 0.717) is 18.6 Å². The maximum absolute atomic E-state index is 12.0. The lowest BCUT2D eigenvalue weighted by Gasteiger charge is -2.29. The fourth-order valence-corrected chi connectivity index (χ4v) is 4.43. The summed E-state index contributed by atoms with van der Waals surface area (Å²) in [4.78, 5) is 12.0. The SMILES string of the molecule is CC(NCC(=O)NC1CCOCC1)C1CC2CCC1C2. The van der Waals surface area contributed by atoms with Gasteiger partial charge in [0.25, 0.3) is 0 Å². The highest BCUT2D eigenvalue weighted by Crippen LogP contribution is 2.49. The Bertz CT molecular complexity index is 341. The molecule has 114 valence electrons. The number of ether oxygens (including phenoxy) is 1. The third kappa shape index (κ3) is 3.34. The predicted octanol–water partition coefficient (Wildman–Crippen LogP) is 1.70. The van der Waals surface area contributed by atoms with E-state index in [2.05, 4.69) is 17.6 Å². The molecule has 2 saturated carbocycles. The van der Waals surface area contributed by atoms with Gasteiger partial charge in [-0.15, -0.1) is 0 Å². The molecule has 0 aromatic carbocycles. The number of hydrogen-bond donors (Lipinski definition) is 2. The van der Waals surface area contributed by atoms with Gasteiger partial charge in [0.05, 0.1) is 6.54 Å². The third-order valence-electron chi connectivity index (χ3n) is 5.61. The molecular weight excluding hydrogens is 252 g/mol. The van der Waals surface area contributed by atoms with E-state index in [9.17, 15) is 4.79 Å². The van der Waals surface area contributed by atoms with Gasteiger partial charge in [-0.2, -0.15) is 0 Å². The first-order valence-corrected chi connectivity index (χ1v) is 8.33. The van der Waals surface area contributed by atoms with E-state index < -0.39 is 0 Å². The molecule has 3 rings (SSSR count). The second kappa shape index (κ2) is 6.44. The summed E-state index contributed by atoms with van der Waals surface area (Å²) in [5, 5.41) is 6.57. The summed E-state index contributed by atoms with van der Waals surface area (Å²) in [6.45, 7) is 4.28. The maximum Gasteiger partial charge on any atom is 0.234 e. The van der Waals surface area contributed by atoms with Gasteiger partial charge >= 0.3 is 0 Å². The van der Waals surface area contributed by atoms with Crippen LogP contribution in [0, 0.1) is 17.8 Å². The molecule has 3 fully saturated rings. The van der Waals surface area contributed by atoms with Crippen LogP contribution in [0.15, 0.2) is 0 Å². The molecule has 2 bridgehead atoms. The molecule has 0 spiro atoms. The Morgan fingerprint density at radius 1 is 1.20 bits per heavy atom. The first-order valence-electron chi connectivity index (χ1n) is 8.33. The van der Waals surface area contributed by atoms with E-state index in [1.807, 2.05) is 0 Å². The topological polar surface area (TPSA) is 50.4 Å². The van der Waals surface area contributed by atoms with E-state index >= 15 is 0 Å². The minimum atomic E-state index is 0.145. The Labute approximate surface area is 122 Å².